The van der Waals surface area contributed by atoms with Crippen molar-refractivity contribution in [3.8, 4) is 5.69 Å². The van der Waals surface area contributed by atoms with Gasteiger partial charge >= 0.3 is 0 Å². The van der Waals surface area contributed by atoms with Crippen LogP contribution >= 0.6 is 0 Å². The third-order valence-corrected chi connectivity index (χ3v) is 3.88. The lowest BCUT2D eigenvalue weighted by molar-refractivity contribution is 0.0396. The summed E-state index contributed by atoms with van der Waals surface area (Å²) in [5.41, 5.74) is 2.35. The van der Waals surface area contributed by atoms with Crippen LogP contribution in [0.4, 0.5) is 0 Å². The molecule has 0 aliphatic carbocycles. The minimum atomic E-state index is -0.0165. The van der Waals surface area contributed by atoms with Crippen LogP contribution in [-0.4, -0.2) is 46.9 Å². The lowest BCUT2D eigenvalue weighted by Gasteiger charge is -2.23. The van der Waals surface area contributed by atoms with Gasteiger partial charge in [0.2, 0.25) is 0 Å². The minimum Gasteiger partial charge on any atom is -0.378 e. The van der Waals surface area contributed by atoms with Gasteiger partial charge in [0.05, 0.1) is 43.9 Å². The average Bonchev–Trinajstić information content (AvgIpc) is 2.77. The van der Waals surface area contributed by atoms with Gasteiger partial charge in [0.25, 0.3) is 5.56 Å². The SMILES string of the molecule is Cc1c(C=NN2CCOCC2)n(C)n(-c2ccccc2)c1=O. The lowest BCUT2D eigenvalue weighted by atomic mass is 10.3. The topological polar surface area (TPSA) is 51.8 Å². The molecule has 6 nitrogen and oxygen atoms in total. The molecule has 6 heteroatoms. The normalized spacial score (nSPS) is 15.6. The number of nitrogens with zero attached hydrogens (tertiary/aromatic N) is 4. The summed E-state index contributed by atoms with van der Waals surface area (Å²) in [6.45, 7) is 4.79. The van der Waals surface area contributed by atoms with Crippen molar-refractivity contribution in [2.24, 2.45) is 12.1 Å². The molecule has 1 aromatic carbocycles. The van der Waals surface area contributed by atoms with Gasteiger partial charge in [-0.15, -0.1) is 0 Å². The van der Waals surface area contributed by atoms with Crippen molar-refractivity contribution in [2.75, 3.05) is 26.3 Å². The number of ether oxygens (including phenoxy) is 1. The Morgan fingerprint density at radius 3 is 2.55 bits per heavy atom. The van der Waals surface area contributed by atoms with Crippen molar-refractivity contribution in [2.45, 2.75) is 6.92 Å². The van der Waals surface area contributed by atoms with Gasteiger partial charge < -0.3 is 4.74 Å². The maximum Gasteiger partial charge on any atom is 0.274 e. The number of morpholine rings is 1. The Kier molecular flexibility index (Phi) is 4.11. The zero-order valence-electron chi connectivity index (χ0n) is 12.9. The largest absolute Gasteiger partial charge is 0.378 e. The number of benzene rings is 1. The van der Waals surface area contributed by atoms with E-state index < -0.39 is 0 Å². The smallest absolute Gasteiger partial charge is 0.274 e. The minimum absolute atomic E-state index is 0.0165. The Bertz CT molecular complexity index is 725. The molecule has 2 heterocycles. The number of hydrogen-bond donors (Lipinski definition) is 0. The Hall–Kier alpha value is -2.34. The van der Waals surface area contributed by atoms with E-state index in [0.29, 0.717) is 18.8 Å². The number of aromatic nitrogens is 2. The summed E-state index contributed by atoms with van der Waals surface area (Å²) in [7, 11) is 1.88. The average molecular weight is 300 g/mol. The van der Waals surface area contributed by atoms with Crippen LogP contribution in [-0.2, 0) is 11.8 Å². The highest BCUT2D eigenvalue weighted by Gasteiger charge is 2.14. The van der Waals surface area contributed by atoms with Crippen molar-refractivity contribution in [1.82, 2.24) is 14.4 Å². The predicted octanol–water partition coefficient (Wildman–Crippen LogP) is 1.15. The van der Waals surface area contributed by atoms with Crippen LogP contribution in [0.2, 0.25) is 0 Å². The molecule has 0 bridgehead atoms. The molecular weight excluding hydrogens is 280 g/mol. The van der Waals surface area contributed by atoms with Crippen LogP contribution in [0.1, 0.15) is 11.3 Å². The van der Waals surface area contributed by atoms with E-state index in [2.05, 4.69) is 5.10 Å². The molecule has 3 rings (SSSR count). The molecule has 0 unspecified atom stereocenters. The van der Waals surface area contributed by atoms with Crippen molar-refractivity contribution in [3.05, 3.63) is 51.9 Å². The van der Waals surface area contributed by atoms with Gasteiger partial charge in [-0.05, 0) is 19.1 Å². The van der Waals surface area contributed by atoms with Crippen LogP contribution in [0.3, 0.4) is 0 Å². The van der Waals surface area contributed by atoms with Gasteiger partial charge in [0.15, 0.2) is 0 Å². The summed E-state index contributed by atoms with van der Waals surface area (Å²) in [5, 5.41) is 6.44. The summed E-state index contributed by atoms with van der Waals surface area (Å²) >= 11 is 0. The molecule has 22 heavy (non-hydrogen) atoms. The van der Waals surface area contributed by atoms with E-state index in [1.165, 1.54) is 0 Å². The molecule has 0 radical (unpaired) electrons. The molecule has 116 valence electrons. The number of para-hydroxylation sites is 1. The van der Waals surface area contributed by atoms with Crippen molar-refractivity contribution < 1.29 is 4.74 Å². The predicted molar refractivity (Wildman–Crippen MR) is 85.7 cm³/mol. The molecule has 0 amide bonds. The third-order valence-electron chi connectivity index (χ3n) is 3.88. The van der Waals surface area contributed by atoms with Gasteiger partial charge in [-0.2, -0.15) is 5.10 Å². The molecule has 1 aliphatic rings. The van der Waals surface area contributed by atoms with E-state index in [4.69, 9.17) is 4.74 Å². The van der Waals surface area contributed by atoms with E-state index in [1.807, 2.05) is 54.0 Å². The van der Waals surface area contributed by atoms with Crippen molar-refractivity contribution in [1.29, 1.82) is 0 Å². The molecule has 1 aromatic heterocycles. The molecule has 0 spiro atoms. The van der Waals surface area contributed by atoms with Gasteiger partial charge in [0, 0.05) is 12.6 Å². The fraction of sp³-hybridized carbons (Fsp3) is 0.375. The molecule has 1 saturated heterocycles. The Morgan fingerprint density at radius 1 is 1.18 bits per heavy atom. The Morgan fingerprint density at radius 2 is 1.86 bits per heavy atom. The molecule has 0 saturated carbocycles. The van der Waals surface area contributed by atoms with E-state index in [0.717, 1.165) is 24.5 Å². The molecular formula is C16H20N4O2. The van der Waals surface area contributed by atoms with Crippen molar-refractivity contribution in [3.63, 3.8) is 0 Å². The first-order valence-electron chi connectivity index (χ1n) is 7.39. The second-order valence-corrected chi connectivity index (χ2v) is 5.30. The van der Waals surface area contributed by atoms with Crippen LogP contribution in [0.5, 0.6) is 0 Å². The van der Waals surface area contributed by atoms with Crippen LogP contribution in [0.15, 0.2) is 40.2 Å². The van der Waals surface area contributed by atoms with E-state index >= 15 is 0 Å². The second kappa shape index (κ2) is 6.19. The summed E-state index contributed by atoms with van der Waals surface area (Å²) in [6.07, 6.45) is 1.77. The first kappa shape index (κ1) is 14.6. The zero-order chi connectivity index (χ0) is 15.5. The van der Waals surface area contributed by atoms with Gasteiger partial charge in [-0.25, -0.2) is 4.68 Å². The Balaban J connectivity index is 1.96. The second-order valence-electron chi connectivity index (χ2n) is 5.30. The lowest BCUT2D eigenvalue weighted by Crippen LogP contribution is -2.32. The Labute approximate surface area is 129 Å². The zero-order valence-corrected chi connectivity index (χ0v) is 12.9. The maximum absolute atomic E-state index is 12.5. The highest BCUT2D eigenvalue weighted by molar-refractivity contribution is 5.79. The summed E-state index contributed by atoms with van der Waals surface area (Å²) in [5.74, 6) is 0. The quantitative estimate of drug-likeness (QED) is 0.799. The first-order valence-corrected chi connectivity index (χ1v) is 7.39. The van der Waals surface area contributed by atoms with Crippen LogP contribution < -0.4 is 5.56 Å². The molecule has 1 fully saturated rings. The van der Waals surface area contributed by atoms with Crippen LogP contribution in [0, 0.1) is 6.92 Å². The van der Waals surface area contributed by atoms with Gasteiger partial charge in [-0.1, -0.05) is 18.2 Å². The van der Waals surface area contributed by atoms with Crippen LogP contribution in [0.25, 0.3) is 5.69 Å². The number of hydrazone groups is 1. The number of rotatable bonds is 3. The third kappa shape index (κ3) is 2.69. The van der Waals surface area contributed by atoms with E-state index in [1.54, 1.807) is 10.9 Å². The summed E-state index contributed by atoms with van der Waals surface area (Å²) in [4.78, 5) is 12.5. The highest BCUT2D eigenvalue weighted by atomic mass is 16.5. The molecule has 2 aromatic rings. The molecule has 1 aliphatic heterocycles. The summed E-state index contributed by atoms with van der Waals surface area (Å²) in [6, 6.07) is 9.62. The van der Waals surface area contributed by atoms with E-state index in [-0.39, 0.29) is 5.56 Å². The number of hydrogen-bond acceptors (Lipinski definition) is 4. The van der Waals surface area contributed by atoms with E-state index in [9.17, 15) is 4.79 Å². The standard InChI is InChI=1S/C16H20N4O2/c1-13-15(12-17-19-8-10-22-11-9-19)18(2)20(16(13)21)14-6-4-3-5-7-14/h3-7,12H,8-11H2,1-2H3. The maximum atomic E-state index is 12.5. The van der Waals surface area contributed by atoms with Gasteiger partial charge in [0.1, 0.15) is 0 Å². The highest BCUT2D eigenvalue weighted by Crippen LogP contribution is 2.09. The fourth-order valence-corrected chi connectivity index (χ4v) is 2.60. The van der Waals surface area contributed by atoms with Gasteiger partial charge in [-0.3, -0.25) is 14.5 Å². The first-order chi connectivity index (χ1) is 10.7. The fourth-order valence-electron chi connectivity index (χ4n) is 2.60. The monoisotopic (exact) mass is 300 g/mol. The molecule has 0 N–H and O–H groups in total. The van der Waals surface area contributed by atoms with Crippen molar-refractivity contribution >= 4 is 6.21 Å². The summed E-state index contributed by atoms with van der Waals surface area (Å²) < 4.78 is 8.81. The molecule has 0 atom stereocenters.